The highest BCUT2D eigenvalue weighted by Crippen LogP contribution is 2.78. The Hall–Kier alpha value is -0.770. The molecule has 21 atom stereocenters. The number of ether oxygens (including phenoxy) is 4. The number of hydrogen-bond donors (Lipinski definition) is 7. The summed E-state index contributed by atoms with van der Waals surface area (Å²) < 4.78 is 24.4. The number of carbonyl (C=O) groups is 1. The summed E-state index contributed by atoms with van der Waals surface area (Å²) in [5.74, 6) is 0.322. The molecule has 7 fully saturated rings. The number of fused-ring (bicyclic) bond motifs is 7. The largest absolute Gasteiger partial charge is 0.393 e. The zero-order valence-electron chi connectivity index (χ0n) is 33.3. The van der Waals surface area contributed by atoms with Gasteiger partial charge in [0, 0.05) is 11.3 Å². The molecule has 2 aliphatic heterocycles. The van der Waals surface area contributed by atoms with Gasteiger partial charge < -0.3 is 54.7 Å². The number of hydrogen-bond acceptors (Lipinski definition) is 12. The molecule has 53 heavy (non-hydrogen) atoms. The topological polar surface area (TPSA) is 196 Å². The molecular formula is C41H68O12. The van der Waals surface area contributed by atoms with Crippen LogP contribution < -0.4 is 0 Å². The molecule has 5 aliphatic carbocycles. The summed E-state index contributed by atoms with van der Waals surface area (Å²) in [5, 5.41) is 77.3. The van der Waals surface area contributed by atoms with Crippen LogP contribution in [0.4, 0.5) is 0 Å². The third-order valence-corrected chi connectivity index (χ3v) is 17.8. The van der Waals surface area contributed by atoms with Crippen molar-refractivity contribution in [3.05, 3.63) is 0 Å². The number of aliphatic hydroxyl groups excluding tert-OH is 7. The third-order valence-electron chi connectivity index (χ3n) is 17.8. The summed E-state index contributed by atoms with van der Waals surface area (Å²) in [6.45, 7) is 18.9. The zero-order chi connectivity index (χ0) is 39.0. The number of rotatable bonds is 5. The predicted molar refractivity (Wildman–Crippen MR) is 192 cm³/mol. The van der Waals surface area contributed by atoms with Crippen molar-refractivity contribution in [3.8, 4) is 0 Å². The summed E-state index contributed by atoms with van der Waals surface area (Å²) in [4.78, 5) is 13.1. The second-order valence-corrected chi connectivity index (χ2v) is 20.5. The normalized spacial score (nSPS) is 59.2. The first-order chi connectivity index (χ1) is 24.5. The van der Waals surface area contributed by atoms with E-state index < -0.39 is 72.9 Å². The Kier molecular flexibility index (Phi) is 10.0. The molecule has 0 unspecified atom stereocenters. The van der Waals surface area contributed by atoms with Crippen LogP contribution in [-0.2, 0) is 23.7 Å². The van der Waals surface area contributed by atoms with E-state index in [1.807, 2.05) is 6.92 Å². The number of aliphatic hydroxyl groups is 7. The lowest BCUT2D eigenvalue weighted by Gasteiger charge is -2.74. The van der Waals surface area contributed by atoms with Crippen LogP contribution in [0.25, 0.3) is 0 Å². The van der Waals surface area contributed by atoms with Crippen LogP contribution >= 0.6 is 0 Å². The summed E-state index contributed by atoms with van der Waals surface area (Å²) in [6.07, 6.45) is -7.07. The minimum Gasteiger partial charge on any atom is -0.393 e. The van der Waals surface area contributed by atoms with Crippen molar-refractivity contribution in [2.75, 3.05) is 6.61 Å². The summed E-state index contributed by atoms with van der Waals surface area (Å²) in [5.41, 5.74) is -1.96. The molecule has 0 amide bonds. The van der Waals surface area contributed by atoms with E-state index in [0.717, 1.165) is 32.1 Å². The monoisotopic (exact) mass is 752 g/mol. The van der Waals surface area contributed by atoms with Crippen LogP contribution in [0.3, 0.4) is 0 Å². The van der Waals surface area contributed by atoms with Gasteiger partial charge in [-0.3, -0.25) is 4.79 Å². The van der Waals surface area contributed by atoms with E-state index in [4.69, 9.17) is 18.9 Å². The summed E-state index contributed by atoms with van der Waals surface area (Å²) in [6, 6.07) is 0. The van der Waals surface area contributed by atoms with E-state index >= 15 is 0 Å². The quantitative estimate of drug-likeness (QED) is 0.203. The van der Waals surface area contributed by atoms with Gasteiger partial charge in [0.1, 0.15) is 42.4 Å². The Morgan fingerprint density at radius 1 is 0.660 bits per heavy atom. The Balaban J connectivity index is 1.13. The SMILES string of the molecule is CC(=O)[C@]1(C)CC[C@@]2(C)[C@H]1[C@@H](O)C[C@]1(C)[C@@H]2[C@H](O)C[C@@H]2[C@@]3(C)CC[C@H](O[C@@H]4OC[C@@H](O)[C@H](O)[C@H]4O[C@@H]4O[C@@H](C)[C@H](O)[C@@H](O)[C@H]4O)C(C)(C)[C@@H]3CC[C@]21C. The average molecular weight is 753 g/mol. The number of carbonyl (C=O) groups excluding carboxylic acids is 1. The van der Waals surface area contributed by atoms with Crippen molar-refractivity contribution < 1.29 is 59.5 Å². The minimum absolute atomic E-state index is 0.0279. The first-order valence-corrected chi connectivity index (χ1v) is 20.3. The van der Waals surface area contributed by atoms with Gasteiger partial charge in [-0.05, 0) is 110 Å². The van der Waals surface area contributed by atoms with Crippen molar-refractivity contribution in [3.63, 3.8) is 0 Å². The van der Waals surface area contributed by atoms with E-state index in [0.29, 0.717) is 19.3 Å². The van der Waals surface area contributed by atoms with E-state index in [9.17, 15) is 40.5 Å². The summed E-state index contributed by atoms with van der Waals surface area (Å²) in [7, 11) is 0. The van der Waals surface area contributed by atoms with Crippen molar-refractivity contribution in [2.24, 2.45) is 56.2 Å². The van der Waals surface area contributed by atoms with E-state index in [1.165, 1.54) is 0 Å². The van der Waals surface area contributed by atoms with Gasteiger partial charge in [0.25, 0.3) is 0 Å². The molecule has 12 nitrogen and oxygen atoms in total. The fourth-order valence-electron chi connectivity index (χ4n) is 14.9. The molecule has 0 aromatic heterocycles. The molecule has 5 saturated carbocycles. The molecule has 2 saturated heterocycles. The van der Waals surface area contributed by atoms with Crippen molar-refractivity contribution >= 4 is 5.78 Å². The Morgan fingerprint density at radius 2 is 1.34 bits per heavy atom. The van der Waals surface area contributed by atoms with E-state index in [2.05, 4.69) is 41.5 Å². The third kappa shape index (κ3) is 5.58. The molecule has 0 radical (unpaired) electrons. The lowest BCUT2D eigenvalue weighted by atomic mass is 9.31. The molecule has 7 aliphatic rings. The second-order valence-electron chi connectivity index (χ2n) is 20.5. The highest BCUT2D eigenvalue weighted by molar-refractivity contribution is 5.83. The van der Waals surface area contributed by atoms with E-state index in [-0.39, 0.29) is 69.2 Å². The Labute approximate surface area is 314 Å². The molecule has 7 rings (SSSR count). The molecule has 2 heterocycles. The maximum Gasteiger partial charge on any atom is 0.187 e. The fraction of sp³-hybridized carbons (Fsp3) is 0.976. The van der Waals surface area contributed by atoms with Gasteiger partial charge in [-0.2, -0.15) is 0 Å². The van der Waals surface area contributed by atoms with Crippen molar-refractivity contribution in [1.82, 2.24) is 0 Å². The Morgan fingerprint density at radius 3 is 2.00 bits per heavy atom. The molecule has 0 aromatic rings. The van der Waals surface area contributed by atoms with Crippen LogP contribution in [-0.4, -0.2) is 122 Å². The van der Waals surface area contributed by atoms with Gasteiger partial charge in [0.15, 0.2) is 12.6 Å². The number of Topliss-reactive ketones (excluding diaryl/α,β-unsaturated/α-hetero) is 1. The van der Waals surface area contributed by atoms with Crippen LogP contribution in [0.15, 0.2) is 0 Å². The van der Waals surface area contributed by atoms with Crippen LogP contribution in [0.5, 0.6) is 0 Å². The lowest BCUT2D eigenvalue weighted by molar-refractivity contribution is -0.365. The predicted octanol–water partition coefficient (Wildman–Crippen LogP) is 2.68. The van der Waals surface area contributed by atoms with Crippen molar-refractivity contribution in [2.45, 2.75) is 187 Å². The van der Waals surface area contributed by atoms with Crippen molar-refractivity contribution in [1.29, 1.82) is 0 Å². The number of ketones is 1. The lowest BCUT2D eigenvalue weighted by Crippen LogP contribution is -2.72. The first kappa shape index (κ1) is 40.4. The van der Waals surface area contributed by atoms with Crippen LogP contribution in [0.2, 0.25) is 0 Å². The average Bonchev–Trinajstić information content (AvgIpc) is 3.36. The van der Waals surface area contributed by atoms with Gasteiger partial charge in [0.05, 0.1) is 31.0 Å². The second kappa shape index (κ2) is 13.1. The van der Waals surface area contributed by atoms with E-state index in [1.54, 1.807) is 13.8 Å². The maximum absolute atomic E-state index is 13.1. The first-order valence-electron chi connectivity index (χ1n) is 20.3. The van der Waals surface area contributed by atoms with Gasteiger partial charge in [-0.15, -0.1) is 0 Å². The highest BCUT2D eigenvalue weighted by Gasteiger charge is 2.75. The summed E-state index contributed by atoms with van der Waals surface area (Å²) >= 11 is 0. The molecule has 0 spiro atoms. The molecule has 0 aromatic carbocycles. The van der Waals surface area contributed by atoms with Crippen LogP contribution in [0, 0.1) is 56.2 Å². The zero-order valence-corrected chi connectivity index (χ0v) is 33.3. The Bertz CT molecular complexity index is 1410. The van der Waals surface area contributed by atoms with Gasteiger partial charge in [-0.25, -0.2) is 0 Å². The van der Waals surface area contributed by atoms with Gasteiger partial charge in [-0.1, -0.05) is 48.5 Å². The van der Waals surface area contributed by atoms with Crippen LogP contribution in [0.1, 0.15) is 114 Å². The van der Waals surface area contributed by atoms with Gasteiger partial charge in [0.2, 0.25) is 0 Å². The standard InChI is InChI=1S/C41H68O12/c1-19-27(46)29(48)30(49)34(51-19)53-31-28(47)23(45)18-50-35(31)52-26-11-12-38(6)24(36(26,3)4)10-13-40(8)25(38)16-21(43)33-39(7)15-14-37(5,20(2)42)32(39)22(44)17-41(33,40)9/h19,21-35,43-49H,10-18H2,1-9H3/t19-,21+,22-,23+,24-,25+,26-,27-,28-,29+,30+,31+,32-,33+,34-,35-,37-,38-,39-,40+,41+/m0/s1. The molecule has 0 bridgehead atoms. The smallest absolute Gasteiger partial charge is 0.187 e. The maximum atomic E-state index is 13.1. The highest BCUT2D eigenvalue weighted by atomic mass is 16.8. The van der Waals surface area contributed by atoms with Gasteiger partial charge >= 0.3 is 0 Å². The fourth-order valence-corrected chi connectivity index (χ4v) is 14.9. The molecule has 12 heteroatoms. The molecular weight excluding hydrogens is 684 g/mol. The molecule has 7 N–H and O–H groups in total. The molecule has 304 valence electrons. The minimum atomic E-state index is -1.60.